The fourth-order valence-corrected chi connectivity index (χ4v) is 2.18. The Morgan fingerprint density at radius 1 is 1.36 bits per heavy atom. The van der Waals surface area contributed by atoms with Gasteiger partial charge in [0.2, 0.25) is 0 Å². The first-order valence-electron chi connectivity index (χ1n) is 3.97. The molecule has 0 saturated heterocycles. The van der Waals surface area contributed by atoms with E-state index in [-0.39, 0.29) is 5.63 Å². The van der Waals surface area contributed by atoms with Crippen LogP contribution >= 0.6 is 27.5 Å². The maximum Gasteiger partial charge on any atom is 0.339 e. The Kier molecular flexibility index (Phi) is 2.37. The maximum absolute atomic E-state index is 11.2. The summed E-state index contributed by atoms with van der Waals surface area (Å²) in [5, 5.41) is 1.43. The minimum atomic E-state index is -0.319. The number of halogens is 2. The lowest BCUT2D eigenvalue weighted by Gasteiger charge is -2.00. The Morgan fingerprint density at radius 3 is 2.79 bits per heavy atom. The predicted molar refractivity (Wildman–Crippen MR) is 59.9 cm³/mol. The van der Waals surface area contributed by atoms with Crippen LogP contribution in [0.4, 0.5) is 0 Å². The van der Waals surface area contributed by atoms with Crippen molar-refractivity contribution < 1.29 is 4.42 Å². The lowest BCUT2D eigenvalue weighted by Crippen LogP contribution is -2.01. The lowest BCUT2D eigenvalue weighted by atomic mass is 10.2. The van der Waals surface area contributed by atoms with Gasteiger partial charge >= 0.3 is 5.63 Å². The molecular weight excluding hydrogens is 267 g/mol. The van der Waals surface area contributed by atoms with Gasteiger partial charge in [0, 0.05) is 16.0 Å². The Labute approximate surface area is 93.6 Å². The summed E-state index contributed by atoms with van der Waals surface area (Å²) >= 11 is 9.16. The molecule has 0 amide bonds. The molecule has 0 saturated carbocycles. The SMILES string of the molecule is Cc1cc2cc(Cl)cc(Br)c2oc1=O. The molecule has 0 aliphatic carbocycles. The molecule has 0 bridgehead atoms. The average Bonchev–Trinajstić information content (AvgIpc) is 2.08. The molecule has 1 heterocycles. The van der Waals surface area contributed by atoms with Gasteiger partial charge in [-0.15, -0.1) is 0 Å². The van der Waals surface area contributed by atoms with Crippen LogP contribution in [0.25, 0.3) is 11.0 Å². The van der Waals surface area contributed by atoms with Crippen molar-refractivity contribution in [3.63, 3.8) is 0 Å². The number of hydrogen-bond acceptors (Lipinski definition) is 2. The van der Waals surface area contributed by atoms with Gasteiger partial charge < -0.3 is 4.42 Å². The van der Waals surface area contributed by atoms with E-state index in [1.165, 1.54) is 0 Å². The van der Waals surface area contributed by atoms with Crippen molar-refractivity contribution in [2.75, 3.05) is 0 Å². The molecule has 1 aromatic carbocycles. The van der Waals surface area contributed by atoms with E-state index in [0.717, 1.165) is 5.39 Å². The van der Waals surface area contributed by atoms with Gasteiger partial charge in [-0.25, -0.2) is 4.79 Å². The Hall–Kier alpha value is -0.800. The zero-order valence-corrected chi connectivity index (χ0v) is 9.65. The topological polar surface area (TPSA) is 30.2 Å². The minimum Gasteiger partial charge on any atom is -0.421 e. The highest BCUT2D eigenvalue weighted by Crippen LogP contribution is 2.27. The van der Waals surface area contributed by atoms with Crippen LogP contribution in [0.15, 0.2) is 31.9 Å². The first-order chi connectivity index (χ1) is 6.58. The third kappa shape index (κ3) is 1.57. The Bertz CT molecular complexity index is 560. The van der Waals surface area contributed by atoms with Gasteiger partial charge in [0.25, 0.3) is 0 Å². The molecule has 0 aliphatic heterocycles. The zero-order chi connectivity index (χ0) is 10.3. The summed E-state index contributed by atoms with van der Waals surface area (Å²) in [7, 11) is 0. The highest BCUT2D eigenvalue weighted by molar-refractivity contribution is 9.10. The van der Waals surface area contributed by atoms with Crippen LogP contribution in [0.3, 0.4) is 0 Å². The molecule has 4 heteroatoms. The van der Waals surface area contributed by atoms with Gasteiger partial charge in [0.1, 0.15) is 0 Å². The summed E-state index contributed by atoms with van der Waals surface area (Å²) < 4.78 is 5.81. The van der Waals surface area contributed by atoms with Crippen LogP contribution in [-0.4, -0.2) is 0 Å². The van der Waals surface area contributed by atoms with Crippen molar-refractivity contribution >= 4 is 38.5 Å². The summed E-state index contributed by atoms with van der Waals surface area (Å²) in [6.07, 6.45) is 0. The minimum absolute atomic E-state index is 0.319. The Morgan fingerprint density at radius 2 is 2.07 bits per heavy atom. The molecule has 0 atom stereocenters. The van der Waals surface area contributed by atoms with E-state index in [0.29, 0.717) is 20.6 Å². The van der Waals surface area contributed by atoms with E-state index >= 15 is 0 Å². The molecule has 0 spiro atoms. The number of benzene rings is 1. The van der Waals surface area contributed by atoms with E-state index in [1.54, 1.807) is 25.1 Å². The smallest absolute Gasteiger partial charge is 0.339 e. The predicted octanol–water partition coefficient (Wildman–Crippen LogP) is 3.52. The maximum atomic E-state index is 11.2. The molecule has 0 fully saturated rings. The third-order valence-electron chi connectivity index (χ3n) is 1.93. The number of aryl methyl sites for hydroxylation is 1. The van der Waals surface area contributed by atoms with Crippen molar-refractivity contribution in [3.8, 4) is 0 Å². The van der Waals surface area contributed by atoms with Crippen LogP contribution in [0, 0.1) is 6.92 Å². The second-order valence-corrected chi connectivity index (χ2v) is 4.31. The van der Waals surface area contributed by atoms with Gasteiger partial charge in [0.05, 0.1) is 4.47 Å². The van der Waals surface area contributed by atoms with Gasteiger partial charge in [0.15, 0.2) is 5.58 Å². The molecule has 0 N–H and O–H groups in total. The summed E-state index contributed by atoms with van der Waals surface area (Å²) in [6.45, 7) is 1.71. The molecular formula is C10H6BrClO2. The van der Waals surface area contributed by atoms with Crippen LogP contribution in [0.1, 0.15) is 5.56 Å². The second-order valence-electron chi connectivity index (χ2n) is 3.02. The van der Waals surface area contributed by atoms with Gasteiger partial charge in [-0.05, 0) is 41.1 Å². The average molecular weight is 274 g/mol. The van der Waals surface area contributed by atoms with Gasteiger partial charge in [-0.3, -0.25) is 0 Å². The molecule has 2 nitrogen and oxygen atoms in total. The summed E-state index contributed by atoms with van der Waals surface area (Å²) in [5.74, 6) is 0. The molecule has 2 rings (SSSR count). The molecule has 14 heavy (non-hydrogen) atoms. The van der Waals surface area contributed by atoms with Crippen molar-refractivity contribution in [2.45, 2.75) is 6.92 Å². The monoisotopic (exact) mass is 272 g/mol. The summed E-state index contributed by atoms with van der Waals surface area (Å²) in [5.41, 5.74) is 0.789. The molecule has 1 aromatic heterocycles. The Balaban J connectivity index is 2.96. The van der Waals surface area contributed by atoms with Crippen LogP contribution in [0.5, 0.6) is 0 Å². The first kappa shape index (κ1) is 9.74. The fourth-order valence-electron chi connectivity index (χ4n) is 1.26. The quantitative estimate of drug-likeness (QED) is 0.688. The highest BCUT2D eigenvalue weighted by Gasteiger charge is 2.06. The van der Waals surface area contributed by atoms with Crippen molar-refractivity contribution in [1.29, 1.82) is 0 Å². The van der Waals surface area contributed by atoms with Gasteiger partial charge in [-0.2, -0.15) is 0 Å². The van der Waals surface area contributed by atoms with E-state index in [9.17, 15) is 4.79 Å². The molecule has 72 valence electrons. The highest BCUT2D eigenvalue weighted by atomic mass is 79.9. The zero-order valence-electron chi connectivity index (χ0n) is 7.30. The molecule has 0 unspecified atom stereocenters. The van der Waals surface area contributed by atoms with E-state index in [4.69, 9.17) is 16.0 Å². The van der Waals surface area contributed by atoms with Crippen molar-refractivity contribution in [3.05, 3.63) is 43.7 Å². The summed E-state index contributed by atoms with van der Waals surface area (Å²) in [6, 6.07) is 5.22. The fraction of sp³-hybridized carbons (Fsp3) is 0.100. The van der Waals surface area contributed by atoms with E-state index in [2.05, 4.69) is 15.9 Å². The summed E-state index contributed by atoms with van der Waals surface area (Å²) in [4.78, 5) is 11.2. The van der Waals surface area contributed by atoms with E-state index < -0.39 is 0 Å². The van der Waals surface area contributed by atoms with Crippen LogP contribution < -0.4 is 5.63 Å². The van der Waals surface area contributed by atoms with Gasteiger partial charge in [-0.1, -0.05) is 11.6 Å². The first-order valence-corrected chi connectivity index (χ1v) is 5.14. The number of rotatable bonds is 0. The molecule has 2 aromatic rings. The largest absolute Gasteiger partial charge is 0.421 e. The van der Waals surface area contributed by atoms with Crippen molar-refractivity contribution in [2.24, 2.45) is 0 Å². The standard InChI is InChI=1S/C10H6BrClO2/c1-5-2-6-3-7(12)4-8(11)9(6)14-10(5)13/h2-4H,1H3. The van der Waals surface area contributed by atoms with Crippen LogP contribution in [0.2, 0.25) is 5.02 Å². The van der Waals surface area contributed by atoms with Crippen molar-refractivity contribution in [1.82, 2.24) is 0 Å². The normalized spacial score (nSPS) is 10.8. The number of fused-ring (bicyclic) bond motifs is 1. The second kappa shape index (κ2) is 3.41. The molecule has 0 aliphatic rings. The molecule has 0 radical (unpaired) electrons. The van der Waals surface area contributed by atoms with Crippen LogP contribution in [-0.2, 0) is 0 Å². The number of hydrogen-bond donors (Lipinski definition) is 0. The van der Waals surface area contributed by atoms with E-state index in [1.807, 2.05) is 0 Å². The third-order valence-corrected chi connectivity index (χ3v) is 2.73. The lowest BCUT2D eigenvalue weighted by molar-refractivity contribution is 0.553.